The van der Waals surface area contributed by atoms with E-state index < -0.39 is 0 Å². The molecule has 0 amide bonds. The molecule has 2 aromatic rings. The fourth-order valence-corrected chi connectivity index (χ4v) is 2.96. The Kier molecular flexibility index (Phi) is 9.86. The van der Waals surface area contributed by atoms with E-state index in [2.05, 4.69) is 18.3 Å². The first-order valence-corrected chi connectivity index (χ1v) is 9.89. The third-order valence-corrected chi connectivity index (χ3v) is 4.67. The molecule has 0 aliphatic heterocycles. The van der Waals surface area contributed by atoms with Crippen LogP contribution >= 0.6 is 23.2 Å². The van der Waals surface area contributed by atoms with Crippen LogP contribution in [0.4, 0.5) is 0 Å². The Balaban J connectivity index is 1.72. The second-order valence-electron chi connectivity index (χ2n) is 6.13. The number of hydrogen-bond acceptors (Lipinski definition) is 3. The molecule has 2 rings (SSSR count). The van der Waals surface area contributed by atoms with Gasteiger partial charge in [-0.2, -0.15) is 0 Å². The van der Waals surface area contributed by atoms with E-state index in [1.54, 1.807) is 0 Å². The number of benzene rings is 2. The maximum Gasteiger partial charge on any atom is 0.120 e. The number of nitrogens with one attached hydrogen (secondary N) is 1. The number of halogens is 2. The molecule has 26 heavy (non-hydrogen) atoms. The summed E-state index contributed by atoms with van der Waals surface area (Å²) in [4.78, 5) is 0. The summed E-state index contributed by atoms with van der Waals surface area (Å²) >= 11 is 12.4. The number of ether oxygens (including phenoxy) is 2. The predicted octanol–water partition coefficient (Wildman–Crippen LogP) is 5.87. The van der Waals surface area contributed by atoms with Crippen molar-refractivity contribution < 1.29 is 9.47 Å². The molecule has 0 unspecified atom stereocenters. The fourth-order valence-electron chi connectivity index (χ4n) is 2.45. The van der Waals surface area contributed by atoms with Gasteiger partial charge in [0.25, 0.3) is 0 Å². The summed E-state index contributed by atoms with van der Waals surface area (Å²) in [5, 5.41) is 4.68. The summed E-state index contributed by atoms with van der Waals surface area (Å²) in [6.45, 7) is 5.95. The van der Waals surface area contributed by atoms with E-state index in [9.17, 15) is 0 Å². The molecule has 0 saturated heterocycles. The molecule has 0 spiro atoms. The van der Waals surface area contributed by atoms with Crippen LogP contribution in [0.3, 0.4) is 0 Å². The lowest BCUT2D eigenvalue weighted by molar-refractivity contribution is 0.129. The Morgan fingerprint density at radius 3 is 2.46 bits per heavy atom. The summed E-state index contributed by atoms with van der Waals surface area (Å²) in [7, 11) is 0. The first-order chi connectivity index (χ1) is 12.7. The van der Waals surface area contributed by atoms with Crippen molar-refractivity contribution in [2.24, 2.45) is 0 Å². The third-order valence-electron chi connectivity index (χ3n) is 3.96. The Bertz CT molecular complexity index is 644. The zero-order chi connectivity index (χ0) is 18.6. The van der Waals surface area contributed by atoms with E-state index in [0.717, 1.165) is 50.5 Å². The van der Waals surface area contributed by atoms with Gasteiger partial charge in [-0.3, -0.25) is 0 Å². The zero-order valence-electron chi connectivity index (χ0n) is 15.3. The molecule has 5 heteroatoms. The topological polar surface area (TPSA) is 30.5 Å². The molecule has 1 N–H and O–H groups in total. The molecule has 0 aliphatic carbocycles. The van der Waals surface area contributed by atoms with Gasteiger partial charge in [0.15, 0.2) is 0 Å². The monoisotopic (exact) mass is 395 g/mol. The first kappa shape index (κ1) is 21.0. The summed E-state index contributed by atoms with van der Waals surface area (Å²) in [5.41, 5.74) is 1.99. The Morgan fingerprint density at radius 1 is 0.962 bits per heavy atom. The van der Waals surface area contributed by atoms with Gasteiger partial charge in [0.05, 0.1) is 0 Å². The number of unbranched alkanes of at least 4 members (excludes halogenated alkanes) is 1. The third kappa shape index (κ3) is 7.55. The summed E-state index contributed by atoms with van der Waals surface area (Å²) in [6.07, 6.45) is 3.34. The van der Waals surface area contributed by atoms with Gasteiger partial charge in [-0.25, -0.2) is 0 Å². The number of rotatable bonds is 12. The zero-order valence-corrected chi connectivity index (χ0v) is 16.8. The van der Waals surface area contributed by atoms with Gasteiger partial charge in [-0.1, -0.05) is 54.7 Å². The van der Waals surface area contributed by atoms with Crippen molar-refractivity contribution in [1.29, 1.82) is 0 Å². The molecule has 0 bridgehead atoms. The van der Waals surface area contributed by atoms with Crippen molar-refractivity contribution in [2.75, 3.05) is 19.8 Å². The molecule has 2 aromatic carbocycles. The van der Waals surface area contributed by atoms with E-state index in [1.165, 1.54) is 12.0 Å². The molecule has 0 fully saturated rings. The van der Waals surface area contributed by atoms with Crippen LogP contribution < -0.4 is 10.1 Å². The molecule has 0 heterocycles. The molecule has 0 aromatic heterocycles. The van der Waals surface area contributed by atoms with Crippen molar-refractivity contribution >= 4 is 23.2 Å². The van der Waals surface area contributed by atoms with Gasteiger partial charge >= 0.3 is 0 Å². The highest BCUT2D eigenvalue weighted by Crippen LogP contribution is 2.26. The average molecular weight is 396 g/mol. The highest BCUT2D eigenvalue weighted by Gasteiger charge is 2.06. The minimum absolute atomic E-state index is 0.352. The van der Waals surface area contributed by atoms with Gasteiger partial charge in [0, 0.05) is 35.4 Å². The largest absolute Gasteiger partial charge is 0.489 e. The van der Waals surface area contributed by atoms with Crippen LogP contribution in [0.5, 0.6) is 5.75 Å². The molecular formula is C21H27Cl2NO2. The van der Waals surface area contributed by atoms with Crippen LogP contribution in [0.25, 0.3) is 0 Å². The van der Waals surface area contributed by atoms with E-state index in [-0.39, 0.29) is 0 Å². The normalized spacial score (nSPS) is 10.9. The van der Waals surface area contributed by atoms with Crippen molar-refractivity contribution in [1.82, 2.24) is 5.32 Å². The summed E-state index contributed by atoms with van der Waals surface area (Å²) in [6, 6.07) is 13.5. The maximum atomic E-state index is 6.18. The average Bonchev–Trinajstić information content (AvgIpc) is 2.64. The Morgan fingerprint density at radius 2 is 1.69 bits per heavy atom. The molecular weight excluding hydrogens is 369 g/mol. The van der Waals surface area contributed by atoms with Crippen LogP contribution in [0, 0.1) is 0 Å². The summed E-state index contributed by atoms with van der Waals surface area (Å²) in [5.74, 6) is 0.809. The van der Waals surface area contributed by atoms with Gasteiger partial charge < -0.3 is 14.8 Å². The highest BCUT2D eigenvalue weighted by molar-refractivity contribution is 6.35. The van der Waals surface area contributed by atoms with Gasteiger partial charge in [-0.05, 0) is 49.2 Å². The second-order valence-corrected chi connectivity index (χ2v) is 6.95. The van der Waals surface area contributed by atoms with Crippen LogP contribution in [-0.4, -0.2) is 19.8 Å². The van der Waals surface area contributed by atoms with Crippen molar-refractivity contribution in [3.05, 3.63) is 63.6 Å². The smallest absolute Gasteiger partial charge is 0.120 e. The summed E-state index contributed by atoms with van der Waals surface area (Å²) < 4.78 is 11.4. The second kappa shape index (κ2) is 12.2. The van der Waals surface area contributed by atoms with Crippen molar-refractivity contribution in [2.45, 2.75) is 39.3 Å². The molecule has 142 valence electrons. The van der Waals surface area contributed by atoms with Gasteiger partial charge in [-0.15, -0.1) is 0 Å². The van der Waals surface area contributed by atoms with E-state index >= 15 is 0 Å². The van der Waals surface area contributed by atoms with E-state index in [0.29, 0.717) is 16.7 Å². The lowest BCUT2D eigenvalue weighted by atomic mass is 10.2. The molecule has 0 radical (unpaired) electrons. The lowest BCUT2D eigenvalue weighted by Gasteiger charge is -2.11. The molecule has 0 saturated carbocycles. The molecule has 0 aliphatic rings. The van der Waals surface area contributed by atoms with Crippen LogP contribution in [-0.2, 0) is 17.9 Å². The highest BCUT2D eigenvalue weighted by atomic mass is 35.5. The SMILES string of the molecule is CCCCOCCCNCc1cccc(OCc2c(Cl)cccc2Cl)c1. The van der Waals surface area contributed by atoms with Crippen molar-refractivity contribution in [3.63, 3.8) is 0 Å². The molecule has 3 nitrogen and oxygen atoms in total. The minimum atomic E-state index is 0.352. The molecule has 0 atom stereocenters. The Hall–Kier alpha value is -1.26. The van der Waals surface area contributed by atoms with Crippen LogP contribution in [0.15, 0.2) is 42.5 Å². The number of hydrogen-bond donors (Lipinski definition) is 1. The maximum absolute atomic E-state index is 6.18. The lowest BCUT2D eigenvalue weighted by Crippen LogP contribution is -2.16. The first-order valence-electron chi connectivity index (χ1n) is 9.13. The standard InChI is InChI=1S/C21H27Cl2NO2/c1-2-3-12-25-13-6-11-24-15-17-7-4-8-18(14-17)26-16-19-20(22)9-5-10-21(19)23/h4-5,7-10,14,24H,2-3,6,11-13,15-16H2,1H3. The van der Waals surface area contributed by atoms with Gasteiger partial charge in [0.1, 0.15) is 12.4 Å². The predicted molar refractivity (Wildman–Crippen MR) is 109 cm³/mol. The quantitative estimate of drug-likeness (QED) is 0.455. The van der Waals surface area contributed by atoms with E-state index in [4.69, 9.17) is 32.7 Å². The van der Waals surface area contributed by atoms with Crippen LogP contribution in [0.2, 0.25) is 10.0 Å². The van der Waals surface area contributed by atoms with Crippen LogP contribution in [0.1, 0.15) is 37.3 Å². The van der Waals surface area contributed by atoms with Crippen molar-refractivity contribution in [3.8, 4) is 5.75 Å². The Labute approximate surface area is 166 Å². The van der Waals surface area contributed by atoms with E-state index in [1.807, 2.05) is 36.4 Å². The minimum Gasteiger partial charge on any atom is -0.489 e. The fraction of sp³-hybridized carbons (Fsp3) is 0.429. The van der Waals surface area contributed by atoms with Gasteiger partial charge in [0.2, 0.25) is 0 Å².